The lowest BCUT2D eigenvalue weighted by molar-refractivity contribution is -0.137. The molecular weight excluding hydrogens is 573 g/mol. The number of benzene rings is 3. The summed E-state index contributed by atoms with van der Waals surface area (Å²) in [6, 6.07) is 22.4. The smallest absolute Gasteiger partial charge is 0.251 e. The maximum atomic E-state index is 14.4. The van der Waals surface area contributed by atoms with E-state index in [1.54, 1.807) is 43.1 Å². The maximum absolute atomic E-state index is 14.4. The van der Waals surface area contributed by atoms with Crippen LogP contribution in [0.3, 0.4) is 0 Å². The Morgan fingerprint density at radius 1 is 1.05 bits per heavy atom. The fraction of sp³-hybridized carbons (Fsp3) is 0.444. The summed E-state index contributed by atoms with van der Waals surface area (Å²) in [6.07, 6.45) is 6.97. The van der Waals surface area contributed by atoms with E-state index in [2.05, 4.69) is 22.8 Å². The molecule has 2 aliphatic rings. The molecule has 1 heterocycles. The van der Waals surface area contributed by atoms with Crippen LogP contribution in [-0.4, -0.2) is 49.3 Å². The minimum absolute atomic E-state index is 0.148. The van der Waals surface area contributed by atoms with Gasteiger partial charge in [-0.25, -0.2) is 4.39 Å². The van der Waals surface area contributed by atoms with Crippen LogP contribution < -0.4 is 15.4 Å². The highest BCUT2D eigenvalue weighted by Crippen LogP contribution is 2.36. The summed E-state index contributed by atoms with van der Waals surface area (Å²) in [4.78, 5) is 29.4. The van der Waals surface area contributed by atoms with Crippen molar-refractivity contribution in [2.24, 2.45) is 11.8 Å². The third kappa shape index (κ3) is 8.56. The average molecular weight is 618 g/mol. The Morgan fingerprint density at radius 3 is 2.66 bits per heavy atom. The van der Waals surface area contributed by atoms with Crippen molar-refractivity contribution in [1.29, 1.82) is 0 Å². The van der Waals surface area contributed by atoms with Crippen LogP contribution >= 0.6 is 11.8 Å². The highest BCUT2D eigenvalue weighted by molar-refractivity contribution is 7.98. The topological polar surface area (TPSA) is 70.7 Å². The molecule has 2 N–H and O–H groups in total. The molecule has 0 aromatic heterocycles. The van der Waals surface area contributed by atoms with Crippen molar-refractivity contribution in [3.05, 3.63) is 95.3 Å². The third-order valence-corrected chi connectivity index (χ3v) is 10.1. The molecular formula is C36H44FN3O3S. The first-order valence-electron chi connectivity index (χ1n) is 15.9. The van der Waals surface area contributed by atoms with E-state index in [1.807, 2.05) is 35.2 Å². The Morgan fingerprint density at radius 2 is 1.86 bits per heavy atom. The SMILES string of the molecule is COc1cccc(C(=O)NCC[C@@H](C(=O)N(CCC2CNc3ccc(F)cc32)CSCc2ccccc2)C2CCCCC2)c1. The van der Waals surface area contributed by atoms with Crippen LogP contribution in [0.15, 0.2) is 72.8 Å². The number of ether oxygens (including phenoxy) is 1. The number of carbonyl (C=O) groups excluding carboxylic acids is 2. The van der Waals surface area contributed by atoms with Crippen molar-refractivity contribution in [2.75, 3.05) is 37.9 Å². The fourth-order valence-electron chi connectivity index (χ4n) is 6.57. The molecule has 6 nitrogen and oxygen atoms in total. The molecule has 1 fully saturated rings. The average Bonchev–Trinajstić information content (AvgIpc) is 3.47. The zero-order chi connectivity index (χ0) is 30.7. The molecule has 2 amide bonds. The number of methoxy groups -OCH3 is 1. The molecule has 0 radical (unpaired) electrons. The molecule has 5 rings (SSSR count). The number of amides is 2. The second-order valence-electron chi connectivity index (χ2n) is 11.9. The van der Waals surface area contributed by atoms with Crippen molar-refractivity contribution in [3.63, 3.8) is 0 Å². The molecule has 1 unspecified atom stereocenters. The number of nitrogens with one attached hydrogen (secondary N) is 2. The van der Waals surface area contributed by atoms with Gasteiger partial charge in [0.2, 0.25) is 5.91 Å². The van der Waals surface area contributed by atoms with Crippen molar-refractivity contribution >= 4 is 29.3 Å². The summed E-state index contributed by atoms with van der Waals surface area (Å²) in [5.41, 5.74) is 3.77. The number of fused-ring (bicyclic) bond motifs is 1. The second kappa shape index (κ2) is 16.0. The first kappa shape index (κ1) is 31.9. The van der Waals surface area contributed by atoms with Gasteiger partial charge in [-0.2, -0.15) is 0 Å². The van der Waals surface area contributed by atoms with Crippen LogP contribution in [-0.2, 0) is 10.5 Å². The summed E-state index contributed by atoms with van der Waals surface area (Å²) in [6.45, 7) is 1.80. The molecule has 1 aliphatic heterocycles. The number of hydrogen-bond donors (Lipinski definition) is 2. The highest BCUT2D eigenvalue weighted by Gasteiger charge is 2.33. The van der Waals surface area contributed by atoms with Gasteiger partial charge < -0.3 is 20.3 Å². The van der Waals surface area contributed by atoms with Crippen LogP contribution in [0.4, 0.5) is 10.1 Å². The van der Waals surface area contributed by atoms with E-state index in [0.717, 1.165) is 55.7 Å². The second-order valence-corrected chi connectivity index (χ2v) is 12.9. The Labute approximate surface area is 265 Å². The summed E-state index contributed by atoms with van der Waals surface area (Å²) in [5.74, 6) is 2.19. The zero-order valence-electron chi connectivity index (χ0n) is 25.6. The Balaban J connectivity index is 1.28. The van der Waals surface area contributed by atoms with Crippen molar-refractivity contribution in [3.8, 4) is 5.75 Å². The number of rotatable bonds is 14. The summed E-state index contributed by atoms with van der Waals surface area (Å²) < 4.78 is 19.4. The lowest BCUT2D eigenvalue weighted by Crippen LogP contribution is -2.42. The third-order valence-electron chi connectivity index (χ3n) is 9.02. The molecule has 1 aliphatic carbocycles. The summed E-state index contributed by atoms with van der Waals surface area (Å²) in [5, 5.41) is 6.46. The molecule has 2 atom stereocenters. The predicted molar refractivity (Wildman–Crippen MR) is 177 cm³/mol. The van der Waals surface area contributed by atoms with Crippen LogP contribution in [0.5, 0.6) is 5.75 Å². The monoisotopic (exact) mass is 617 g/mol. The summed E-state index contributed by atoms with van der Waals surface area (Å²) in [7, 11) is 1.58. The molecule has 3 aromatic rings. The van der Waals surface area contributed by atoms with Gasteiger partial charge >= 0.3 is 0 Å². The number of carbonyl (C=O) groups is 2. The predicted octanol–water partition coefficient (Wildman–Crippen LogP) is 7.47. The molecule has 8 heteroatoms. The first-order chi connectivity index (χ1) is 21.5. The van der Waals surface area contributed by atoms with E-state index in [4.69, 9.17) is 4.74 Å². The van der Waals surface area contributed by atoms with Crippen LogP contribution in [0.2, 0.25) is 0 Å². The lowest BCUT2D eigenvalue weighted by Gasteiger charge is -2.34. The minimum Gasteiger partial charge on any atom is -0.497 e. The highest BCUT2D eigenvalue weighted by atomic mass is 32.2. The Bertz CT molecular complexity index is 1380. The fourth-order valence-corrected chi connectivity index (χ4v) is 7.57. The van der Waals surface area contributed by atoms with Crippen LogP contribution in [0.1, 0.15) is 72.3 Å². The largest absolute Gasteiger partial charge is 0.497 e. The molecule has 234 valence electrons. The van der Waals surface area contributed by atoms with E-state index in [-0.39, 0.29) is 29.5 Å². The van der Waals surface area contributed by atoms with Crippen LogP contribution in [0.25, 0.3) is 0 Å². The normalized spacial score (nSPS) is 16.9. The van der Waals surface area contributed by atoms with E-state index in [1.165, 1.54) is 18.1 Å². The van der Waals surface area contributed by atoms with Gasteiger partial charge in [0.15, 0.2) is 0 Å². The molecule has 0 saturated heterocycles. The van der Waals surface area contributed by atoms with Gasteiger partial charge in [0.05, 0.1) is 13.0 Å². The van der Waals surface area contributed by atoms with Gasteiger partial charge in [0.1, 0.15) is 11.6 Å². The number of hydrogen-bond acceptors (Lipinski definition) is 5. The minimum atomic E-state index is -0.225. The van der Waals surface area contributed by atoms with Gasteiger partial charge in [-0.1, -0.05) is 55.7 Å². The lowest BCUT2D eigenvalue weighted by atomic mass is 9.77. The number of nitrogens with zero attached hydrogens (tertiary/aromatic N) is 1. The molecule has 1 saturated carbocycles. The van der Waals surface area contributed by atoms with Crippen molar-refractivity contribution in [1.82, 2.24) is 10.2 Å². The molecule has 0 spiro atoms. The van der Waals surface area contributed by atoms with Crippen LogP contribution in [0, 0.1) is 17.7 Å². The van der Waals surface area contributed by atoms with Crippen molar-refractivity contribution in [2.45, 2.75) is 56.6 Å². The Kier molecular flexibility index (Phi) is 11.6. The van der Waals surface area contributed by atoms with E-state index in [9.17, 15) is 14.0 Å². The molecule has 44 heavy (non-hydrogen) atoms. The van der Waals surface area contributed by atoms with E-state index in [0.29, 0.717) is 42.6 Å². The maximum Gasteiger partial charge on any atom is 0.251 e. The number of thioether (sulfide) groups is 1. The van der Waals surface area contributed by atoms with E-state index >= 15 is 0 Å². The van der Waals surface area contributed by atoms with E-state index < -0.39 is 0 Å². The van der Waals surface area contributed by atoms with Gasteiger partial charge in [0, 0.05) is 48.5 Å². The quantitative estimate of drug-likeness (QED) is 0.184. The molecule has 0 bridgehead atoms. The van der Waals surface area contributed by atoms with Crippen molar-refractivity contribution < 1.29 is 18.7 Å². The van der Waals surface area contributed by atoms with Gasteiger partial charge in [-0.15, -0.1) is 11.8 Å². The molecule has 3 aromatic carbocycles. The zero-order valence-corrected chi connectivity index (χ0v) is 26.4. The Hall–Kier alpha value is -3.52. The standard InChI is InChI=1S/C36H44FN3O3S/c1-43-31-14-8-13-28(21-31)35(41)38-19-17-32(27-11-6-3-7-12-27)36(42)40(25-44-24-26-9-4-2-5-10-26)20-18-29-23-39-34-16-15-30(37)22-33(29)34/h2,4-5,8-10,13-16,21-22,27,29,32,39H,3,6-7,11-12,17-20,23-25H2,1H3,(H,38,41)/t29?,32-/m1/s1. The first-order valence-corrected chi connectivity index (χ1v) is 17.0. The summed E-state index contributed by atoms with van der Waals surface area (Å²) >= 11 is 1.75. The van der Waals surface area contributed by atoms with Gasteiger partial charge in [-0.05, 0) is 79.1 Å². The van der Waals surface area contributed by atoms with Gasteiger partial charge in [-0.3, -0.25) is 9.59 Å². The number of halogens is 1. The van der Waals surface area contributed by atoms with Gasteiger partial charge in [0.25, 0.3) is 5.91 Å². The number of anilines is 1.